The maximum Gasteiger partial charge on any atom is 0.190 e. The Hall–Kier alpha value is -1.35. The number of hydrogen-bond acceptors (Lipinski definition) is 4. The van der Waals surface area contributed by atoms with Crippen molar-refractivity contribution in [2.45, 2.75) is 32.6 Å². The summed E-state index contributed by atoms with van der Waals surface area (Å²) in [5.41, 5.74) is 2.61. The van der Waals surface area contributed by atoms with E-state index in [0.717, 1.165) is 44.7 Å². The molecule has 0 aliphatic rings. The first-order valence-corrected chi connectivity index (χ1v) is 10.1. The van der Waals surface area contributed by atoms with Crippen LogP contribution in [0.4, 0.5) is 5.69 Å². The molecule has 1 aromatic heterocycles. The number of aryl methyl sites for hydroxylation is 2. The summed E-state index contributed by atoms with van der Waals surface area (Å²) in [6.07, 6.45) is 6.12. The van der Waals surface area contributed by atoms with E-state index in [1.807, 2.05) is 13.2 Å². The average molecular weight is 501 g/mol. The number of nitrogens with one attached hydrogen (secondary N) is 2. The van der Waals surface area contributed by atoms with Crippen LogP contribution in [-0.4, -0.2) is 45.2 Å². The van der Waals surface area contributed by atoms with E-state index in [2.05, 4.69) is 70.8 Å². The monoisotopic (exact) mass is 501 g/mol. The van der Waals surface area contributed by atoms with Gasteiger partial charge in [-0.2, -0.15) is 0 Å². The molecule has 1 aromatic carbocycles. The van der Waals surface area contributed by atoms with Crippen molar-refractivity contribution in [2.24, 2.45) is 4.99 Å². The van der Waals surface area contributed by atoms with Gasteiger partial charge in [-0.25, -0.2) is 4.98 Å². The molecule has 0 unspecified atom stereocenters. The Kier molecular flexibility index (Phi) is 11.3. The molecule has 0 spiro atoms. The number of hydrogen-bond donors (Lipinski definition) is 2. The second-order valence-electron chi connectivity index (χ2n) is 6.41. The summed E-state index contributed by atoms with van der Waals surface area (Å²) in [4.78, 5) is 12.2. The van der Waals surface area contributed by atoms with Gasteiger partial charge in [-0.15, -0.1) is 35.3 Å². The minimum atomic E-state index is 0. The first-order valence-electron chi connectivity index (χ1n) is 9.26. The molecule has 0 amide bonds. The first-order chi connectivity index (χ1) is 12.6. The van der Waals surface area contributed by atoms with Gasteiger partial charge in [0.15, 0.2) is 5.96 Å². The molecular weight excluding hydrogens is 469 g/mol. The van der Waals surface area contributed by atoms with Gasteiger partial charge in [0, 0.05) is 57.4 Å². The molecule has 0 radical (unpaired) electrons. The molecule has 2 aromatic rings. The second kappa shape index (κ2) is 12.9. The Labute approximate surface area is 184 Å². The number of guanidine groups is 1. The highest BCUT2D eigenvalue weighted by Gasteiger charge is 2.02. The Morgan fingerprint density at radius 3 is 2.41 bits per heavy atom. The molecule has 0 aliphatic heterocycles. The first kappa shape index (κ1) is 23.7. The lowest BCUT2D eigenvalue weighted by atomic mass is 10.1. The zero-order chi connectivity index (χ0) is 18.8. The highest BCUT2D eigenvalue weighted by atomic mass is 127. The third-order valence-electron chi connectivity index (χ3n) is 4.19. The van der Waals surface area contributed by atoms with Crippen LogP contribution in [-0.2, 0) is 19.3 Å². The smallest absolute Gasteiger partial charge is 0.190 e. The average Bonchev–Trinajstić information content (AvgIpc) is 3.12. The number of anilines is 1. The fraction of sp³-hybridized carbons (Fsp3) is 0.500. The second-order valence-corrected chi connectivity index (χ2v) is 7.61. The number of nitrogens with zero attached hydrogens (tertiary/aromatic N) is 3. The lowest BCUT2D eigenvalue weighted by Gasteiger charge is -2.13. The van der Waals surface area contributed by atoms with Crippen LogP contribution < -0.4 is 15.5 Å². The Balaban J connectivity index is 0.00000364. The van der Waals surface area contributed by atoms with Crippen molar-refractivity contribution >= 4 is 47.0 Å². The van der Waals surface area contributed by atoms with E-state index in [-0.39, 0.29) is 24.0 Å². The SMILES string of the molecule is CCc1cnc(CCNC(=NC)NCCCc2ccc(N(C)C)cc2)s1.I. The van der Waals surface area contributed by atoms with Crippen molar-refractivity contribution in [2.75, 3.05) is 39.1 Å². The van der Waals surface area contributed by atoms with Crippen LogP contribution in [0.15, 0.2) is 35.5 Å². The largest absolute Gasteiger partial charge is 0.378 e. The molecule has 0 saturated heterocycles. The summed E-state index contributed by atoms with van der Waals surface area (Å²) in [7, 11) is 5.94. The summed E-state index contributed by atoms with van der Waals surface area (Å²) in [5.74, 6) is 0.861. The topological polar surface area (TPSA) is 52.6 Å². The predicted molar refractivity (Wildman–Crippen MR) is 129 cm³/mol. The summed E-state index contributed by atoms with van der Waals surface area (Å²) < 4.78 is 0. The van der Waals surface area contributed by atoms with Crippen molar-refractivity contribution in [3.05, 3.63) is 45.9 Å². The van der Waals surface area contributed by atoms with Gasteiger partial charge in [0.05, 0.1) is 5.01 Å². The molecular formula is C20H32IN5S. The Morgan fingerprint density at radius 2 is 1.81 bits per heavy atom. The van der Waals surface area contributed by atoms with Gasteiger partial charge in [0.1, 0.15) is 0 Å². The predicted octanol–water partition coefficient (Wildman–Crippen LogP) is 3.73. The van der Waals surface area contributed by atoms with Crippen LogP contribution in [0.2, 0.25) is 0 Å². The van der Waals surface area contributed by atoms with Gasteiger partial charge >= 0.3 is 0 Å². The van der Waals surface area contributed by atoms with Crippen molar-refractivity contribution in [1.82, 2.24) is 15.6 Å². The Bertz CT molecular complexity index is 682. The van der Waals surface area contributed by atoms with Crippen molar-refractivity contribution in [3.8, 4) is 0 Å². The van der Waals surface area contributed by atoms with Gasteiger partial charge in [-0.3, -0.25) is 4.99 Å². The maximum atomic E-state index is 4.45. The highest BCUT2D eigenvalue weighted by Crippen LogP contribution is 2.14. The maximum absolute atomic E-state index is 4.45. The molecule has 27 heavy (non-hydrogen) atoms. The van der Waals surface area contributed by atoms with Crippen LogP contribution in [0.5, 0.6) is 0 Å². The van der Waals surface area contributed by atoms with E-state index in [0.29, 0.717) is 0 Å². The third kappa shape index (κ3) is 8.47. The molecule has 0 saturated carbocycles. The summed E-state index contributed by atoms with van der Waals surface area (Å²) >= 11 is 1.80. The quantitative estimate of drug-likeness (QED) is 0.238. The van der Waals surface area contributed by atoms with E-state index in [1.165, 1.54) is 21.1 Å². The standard InChI is InChI=1S/C20H31N5S.HI/c1-5-18-15-24-19(26-18)12-14-23-20(21-2)22-13-6-7-16-8-10-17(11-9-16)25(3)4;/h8-11,15H,5-7,12-14H2,1-4H3,(H2,21,22,23);1H. The number of rotatable bonds is 9. The minimum absolute atomic E-state index is 0. The van der Waals surface area contributed by atoms with Crippen molar-refractivity contribution < 1.29 is 0 Å². The number of thiazole rings is 1. The fourth-order valence-electron chi connectivity index (χ4n) is 2.60. The third-order valence-corrected chi connectivity index (χ3v) is 5.39. The van der Waals surface area contributed by atoms with Crippen LogP contribution in [0.1, 0.15) is 28.8 Å². The molecule has 0 aliphatic carbocycles. The summed E-state index contributed by atoms with van der Waals surface area (Å²) in [6.45, 7) is 3.92. The highest BCUT2D eigenvalue weighted by molar-refractivity contribution is 14.0. The molecule has 5 nitrogen and oxygen atoms in total. The molecule has 150 valence electrons. The van der Waals surface area contributed by atoms with Crippen molar-refractivity contribution in [1.29, 1.82) is 0 Å². The lowest BCUT2D eigenvalue weighted by molar-refractivity contribution is 0.738. The van der Waals surface area contributed by atoms with Gasteiger partial charge in [0.2, 0.25) is 0 Å². The van der Waals surface area contributed by atoms with E-state index in [1.54, 1.807) is 11.3 Å². The molecule has 2 N–H and O–H groups in total. The number of benzene rings is 1. The van der Waals surface area contributed by atoms with Crippen LogP contribution in [0.3, 0.4) is 0 Å². The Morgan fingerprint density at radius 1 is 1.11 bits per heavy atom. The van der Waals surface area contributed by atoms with Crippen molar-refractivity contribution in [3.63, 3.8) is 0 Å². The number of aromatic nitrogens is 1. The number of halogens is 1. The fourth-order valence-corrected chi connectivity index (χ4v) is 3.46. The summed E-state index contributed by atoms with van der Waals surface area (Å²) in [5, 5.41) is 7.94. The normalized spacial score (nSPS) is 11.0. The zero-order valence-electron chi connectivity index (χ0n) is 16.8. The van der Waals surface area contributed by atoms with Gasteiger partial charge < -0.3 is 15.5 Å². The molecule has 0 bridgehead atoms. The summed E-state index contributed by atoms with van der Waals surface area (Å²) in [6, 6.07) is 8.76. The van der Waals surface area contributed by atoms with E-state index < -0.39 is 0 Å². The molecule has 0 atom stereocenters. The molecule has 7 heteroatoms. The lowest BCUT2D eigenvalue weighted by Crippen LogP contribution is -2.38. The van der Waals surface area contributed by atoms with E-state index in [4.69, 9.17) is 0 Å². The minimum Gasteiger partial charge on any atom is -0.378 e. The van der Waals surface area contributed by atoms with Crippen LogP contribution in [0, 0.1) is 0 Å². The number of aliphatic imine (C=N–C) groups is 1. The molecule has 0 fully saturated rings. The van der Waals surface area contributed by atoms with E-state index >= 15 is 0 Å². The van der Waals surface area contributed by atoms with Gasteiger partial charge in [-0.1, -0.05) is 19.1 Å². The molecule has 2 rings (SSSR count). The van der Waals surface area contributed by atoms with E-state index in [9.17, 15) is 0 Å². The van der Waals surface area contributed by atoms with Crippen LogP contribution in [0.25, 0.3) is 0 Å². The van der Waals surface area contributed by atoms with Gasteiger partial charge in [0.25, 0.3) is 0 Å². The van der Waals surface area contributed by atoms with Gasteiger partial charge in [-0.05, 0) is 37.0 Å². The molecule has 1 heterocycles. The van der Waals surface area contributed by atoms with Crippen LogP contribution >= 0.6 is 35.3 Å². The zero-order valence-corrected chi connectivity index (χ0v) is 19.9.